The Labute approximate surface area is 121 Å². The summed E-state index contributed by atoms with van der Waals surface area (Å²) in [5.41, 5.74) is 0. The first kappa shape index (κ1) is 14.7. The minimum Gasteiger partial charge on any atom is -0.481 e. The molecule has 2 unspecified atom stereocenters. The molecule has 0 bridgehead atoms. The molecule has 2 rings (SSSR count). The molecule has 0 spiro atoms. The number of rotatable bonds is 5. The van der Waals surface area contributed by atoms with Gasteiger partial charge in [0.05, 0.1) is 27.4 Å². The van der Waals surface area contributed by atoms with Gasteiger partial charge in [0.1, 0.15) is 12.0 Å². The summed E-state index contributed by atoms with van der Waals surface area (Å²) in [5, 5.41) is 0. The van der Waals surface area contributed by atoms with E-state index in [2.05, 4.69) is 9.97 Å². The molecule has 2 heterocycles. The summed E-state index contributed by atoms with van der Waals surface area (Å²) in [6.45, 7) is 0. The van der Waals surface area contributed by atoms with Crippen molar-refractivity contribution < 1.29 is 23.7 Å². The van der Waals surface area contributed by atoms with Gasteiger partial charge >= 0.3 is 12.0 Å². The minimum atomic E-state index is -0.315. The zero-order valence-electron chi connectivity index (χ0n) is 11.5. The molecule has 0 aromatic carbocycles. The van der Waals surface area contributed by atoms with E-state index < -0.39 is 0 Å². The van der Waals surface area contributed by atoms with Gasteiger partial charge in [-0.2, -0.15) is 21.7 Å². The van der Waals surface area contributed by atoms with Crippen molar-refractivity contribution in [2.75, 3.05) is 32.8 Å². The van der Waals surface area contributed by atoms with Crippen LogP contribution in [0.3, 0.4) is 0 Å². The SMILES string of the molecule is COC(=O)C1CSCC1Oc1nc(OC)cc(OC)n1. The second-order valence-electron chi connectivity index (χ2n) is 4.06. The number of ether oxygens (including phenoxy) is 4. The Morgan fingerprint density at radius 3 is 2.40 bits per heavy atom. The highest BCUT2D eigenvalue weighted by Crippen LogP contribution is 2.29. The lowest BCUT2D eigenvalue weighted by molar-refractivity contribution is -0.147. The molecular formula is C12H16N2O5S. The quantitative estimate of drug-likeness (QED) is 0.738. The first-order valence-corrected chi connectivity index (χ1v) is 7.12. The van der Waals surface area contributed by atoms with E-state index in [0.29, 0.717) is 23.3 Å². The van der Waals surface area contributed by atoms with Crippen molar-refractivity contribution in [3.05, 3.63) is 6.07 Å². The lowest BCUT2D eigenvalue weighted by atomic mass is 10.1. The fourth-order valence-corrected chi connectivity index (χ4v) is 3.08. The maximum atomic E-state index is 11.7. The molecule has 110 valence electrons. The fraction of sp³-hybridized carbons (Fsp3) is 0.583. The second-order valence-corrected chi connectivity index (χ2v) is 5.13. The molecule has 1 aromatic heterocycles. The van der Waals surface area contributed by atoms with E-state index in [9.17, 15) is 4.79 Å². The topological polar surface area (TPSA) is 79.8 Å². The highest BCUT2D eigenvalue weighted by atomic mass is 32.2. The number of hydrogen-bond donors (Lipinski definition) is 0. The van der Waals surface area contributed by atoms with Gasteiger partial charge in [0.2, 0.25) is 11.8 Å². The number of nitrogens with zero attached hydrogens (tertiary/aromatic N) is 2. The van der Waals surface area contributed by atoms with E-state index in [0.717, 1.165) is 0 Å². The van der Waals surface area contributed by atoms with Crippen LogP contribution in [0.15, 0.2) is 6.07 Å². The summed E-state index contributed by atoms with van der Waals surface area (Å²) in [5.74, 6) is 1.43. The molecule has 0 N–H and O–H groups in total. The summed E-state index contributed by atoms with van der Waals surface area (Å²) >= 11 is 1.63. The highest BCUT2D eigenvalue weighted by molar-refractivity contribution is 7.99. The van der Waals surface area contributed by atoms with Gasteiger partial charge in [-0.25, -0.2) is 0 Å². The van der Waals surface area contributed by atoms with Gasteiger partial charge in [-0.1, -0.05) is 0 Å². The molecule has 0 radical (unpaired) electrons. The first-order chi connectivity index (χ1) is 9.67. The van der Waals surface area contributed by atoms with Crippen LogP contribution in [-0.2, 0) is 9.53 Å². The van der Waals surface area contributed by atoms with Crippen LogP contribution < -0.4 is 14.2 Å². The lowest BCUT2D eigenvalue weighted by Crippen LogP contribution is -2.33. The Morgan fingerprint density at radius 1 is 1.20 bits per heavy atom. The third-order valence-corrected chi connectivity index (χ3v) is 4.02. The molecule has 1 aliphatic rings. The van der Waals surface area contributed by atoms with Crippen LogP contribution in [0.2, 0.25) is 0 Å². The van der Waals surface area contributed by atoms with Crippen LogP contribution in [-0.4, -0.2) is 54.9 Å². The van der Waals surface area contributed by atoms with Crippen LogP contribution in [0, 0.1) is 5.92 Å². The third kappa shape index (κ3) is 3.24. The Balaban J connectivity index is 2.14. The van der Waals surface area contributed by atoms with Crippen LogP contribution in [0.1, 0.15) is 0 Å². The number of esters is 1. The van der Waals surface area contributed by atoms with Gasteiger partial charge in [-0.3, -0.25) is 4.79 Å². The molecule has 20 heavy (non-hydrogen) atoms. The molecule has 1 aliphatic heterocycles. The Morgan fingerprint density at radius 2 is 1.85 bits per heavy atom. The standard InChI is InChI=1S/C12H16N2O5S/c1-16-9-4-10(17-2)14-12(13-9)19-8-6-20-5-7(8)11(15)18-3/h4,7-8H,5-6H2,1-3H3. The molecule has 0 saturated carbocycles. The van der Waals surface area contributed by atoms with Gasteiger partial charge in [0.15, 0.2) is 0 Å². The van der Waals surface area contributed by atoms with Crippen molar-refractivity contribution in [2.45, 2.75) is 6.10 Å². The van der Waals surface area contributed by atoms with Gasteiger partial charge in [-0.15, -0.1) is 0 Å². The van der Waals surface area contributed by atoms with Crippen molar-refractivity contribution in [1.29, 1.82) is 0 Å². The zero-order valence-corrected chi connectivity index (χ0v) is 12.3. The van der Waals surface area contributed by atoms with E-state index in [1.54, 1.807) is 17.8 Å². The average molecular weight is 300 g/mol. The molecule has 0 aliphatic carbocycles. The predicted molar refractivity (Wildman–Crippen MR) is 72.4 cm³/mol. The lowest BCUT2D eigenvalue weighted by Gasteiger charge is -2.17. The molecule has 8 heteroatoms. The number of methoxy groups -OCH3 is 3. The molecule has 2 atom stereocenters. The van der Waals surface area contributed by atoms with E-state index in [4.69, 9.17) is 18.9 Å². The van der Waals surface area contributed by atoms with Crippen molar-refractivity contribution in [3.8, 4) is 17.8 Å². The van der Waals surface area contributed by atoms with Gasteiger partial charge in [0.25, 0.3) is 0 Å². The van der Waals surface area contributed by atoms with Crippen molar-refractivity contribution >= 4 is 17.7 Å². The maximum Gasteiger partial charge on any atom is 0.323 e. The van der Waals surface area contributed by atoms with Crippen molar-refractivity contribution in [1.82, 2.24) is 9.97 Å². The van der Waals surface area contributed by atoms with E-state index in [1.165, 1.54) is 21.3 Å². The molecule has 1 saturated heterocycles. The van der Waals surface area contributed by atoms with E-state index >= 15 is 0 Å². The van der Waals surface area contributed by atoms with Crippen LogP contribution >= 0.6 is 11.8 Å². The highest BCUT2D eigenvalue weighted by Gasteiger charge is 2.36. The largest absolute Gasteiger partial charge is 0.481 e. The van der Waals surface area contributed by atoms with Gasteiger partial charge in [-0.05, 0) is 0 Å². The summed E-state index contributed by atoms with van der Waals surface area (Å²) in [7, 11) is 4.36. The number of hydrogen-bond acceptors (Lipinski definition) is 8. The fourth-order valence-electron chi connectivity index (χ4n) is 1.80. The van der Waals surface area contributed by atoms with Crippen LogP contribution in [0.25, 0.3) is 0 Å². The summed E-state index contributed by atoms with van der Waals surface area (Å²) in [6.07, 6.45) is -0.315. The zero-order chi connectivity index (χ0) is 14.5. The Kier molecular flexibility index (Phi) is 4.89. The number of aromatic nitrogens is 2. The number of carbonyl (C=O) groups excluding carboxylic acids is 1. The molecular weight excluding hydrogens is 284 g/mol. The van der Waals surface area contributed by atoms with Gasteiger partial charge < -0.3 is 18.9 Å². The molecule has 7 nitrogen and oxygen atoms in total. The van der Waals surface area contributed by atoms with Crippen LogP contribution in [0.4, 0.5) is 0 Å². The summed E-state index contributed by atoms with van der Waals surface area (Å²) in [4.78, 5) is 19.8. The molecule has 1 aromatic rings. The van der Waals surface area contributed by atoms with E-state index in [-0.39, 0.29) is 24.0 Å². The van der Waals surface area contributed by atoms with E-state index in [1.807, 2.05) is 0 Å². The molecule has 0 amide bonds. The Hall–Kier alpha value is -1.70. The first-order valence-electron chi connectivity index (χ1n) is 5.97. The predicted octanol–water partition coefficient (Wildman–Crippen LogP) is 0.777. The third-order valence-electron chi connectivity index (χ3n) is 2.87. The van der Waals surface area contributed by atoms with Crippen LogP contribution in [0.5, 0.6) is 17.8 Å². The minimum absolute atomic E-state index is 0.127. The van der Waals surface area contributed by atoms with Gasteiger partial charge in [0, 0.05) is 11.5 Å². The average Bonchev–Trinajstić information content (AvgIpc) is 2.94. The van der Waals surface area contributed by atoms with Crippen molar-refractivity contribution in [2.24, 2.45) is 5.92 Å². The summed E-state index contributed by atoms with van der Waals surface area (Å²) < 4.78 is 20.6. The smallest absolute Gasteiger partial charge is 0.323 e. The number of thioether (sulfide) groups is 1. The number of carbonyl (C=O) groups is 1. The second kappa shape index (κ2) is 6.65. The maximum absolute atomic E-state index is 11.7. The molecule has 1 fully saturated rings. The normalized spacial score (nSPS) is 21.4. The van der Waals surface area contributed by atoms with Crippen molar-refractivity contribution in [3.63, 3.8) is 0 Å². The Bertz CT molecular complexity index is 463. The summed E-state index contributed by atoms with van der Waals surface area (Å²) in [6, 6.07) is 1.68. The monoisotopic (exact) mass is 300 g/mol.